The quantitative estimate of drug-likeness (QED) is 0.633. The maximum absolute atomic E-state index is 5.83. The van der Waals surface area contributed by atoms with Crippen LogP contribution in [0.25, 0.3) is 22.3 Å². The van der Waals surface area contributed by atoms with Crippen LogP contribution in [0.5, 0.6) is 0 Å². The van der Waals surface area contributed by atoms with E-state index in [1.54, 1.807) is 0 Å². The molecule has 2 heteroatoms. The number of hydrogen-bond acceptors (Lipinski definition) is 2. The van der Waals surface area contributed by atoms with Crippen molar-refractivity contribution >= 4 is 16.7 Å². The molecular formula is C15H13NO. The lowest BCUT2D eigenvalue weighted by atomic mass is 10.1. The van der Waals surface area contributed by atoms with E-state index in [1.165, 1.54) is 0 Å². The number of benzene rings is 2. The molecule has 0 bridgehead atoms. The summed E-state index contributed by atoms with van der Waals surface area (Å²) in [6.45, 7) is 2.04. The predicted octanol–water partition coefficient (Wildman–Crippen LogP) is 3.99. The molecule has 1 aromatic heterocycles. The molecule has 0 aliphatic heterocycles. The predicted molar refractivity (Wildman–Crippen MR) is 70.8 cm³/mol. The zero-order valence-corrected chi connectivity index (χ0v) is 9.60. The van der Waals surface area contributed by atoms with E-state index in [9.17, 15) is 0 Å². The Hall–Kier alpha value is -2.22. The summed E-state index contributed by atoms with van der Waals surface area (Å²) in [4.78, 5) is 0. The van der Waals surface area contributed by atoms with Crippen molar-refractivity contribution in [3.8, 4) is 11.3 Å². The molecule has 84 valence electrons. The fourth-order valence-corrected chi connectivity index (χ4v) is 2.08. The molecule has 0 amide bonds. The van der Waals surface area contributed by atoms with Gasteiger partial charge in [-0.3, -0.25) is 0 Å². The van der Waals surface area contributed by atoms with Gasteiger partial charge in [-0.05, 0) is 42.8 Å². The van der Waals surface area contributed by atoms with Crippen molar-refractivity contribution in [2.24, 2.45) is 0 Å². The van der Waals surface area contributed by atoms with E-state index in [0.717, 1.165) is 33.5 Å². The average Bonchev–Trinajstić information content (AvgIpc) is 2.72. The van der Waals surface area contributed by atoms with Crippen molar-refractivity contribution in [1.82, 2.24) is 0 Å². The third kappa shape index (κ3) is 1.68. The molecule has 0 radical (unpaired) electrons. The van der Waals surface area contributed by atoms with Crippen LogP contribution in [0.4, 0.5) is 5.69 Å². The molecule has 0 saturated heterocycles. The van der Waals surface area contributed by atoms with Crippen LogP contribution in [0.15, 0.2) is 52.9 Å². The molecule has 2 N–H and O–H groups in total. The van der Waals surface area contributed by atoms with E-state index in [0.29, 0.717) is 0 Å². The van der Waals surface area contributed by atoms with Gasteiger partial charge < -0.3 is 10.2 Å². The first-order chi connectivity index (χ1) is 8.24. The molecule has 3 rings (SSSR count). The van der Waals surface area contributed by atoms with Crippen LogP contribution in [-0.2, 0) is 0 Å². The van der Waals surface area contributed by atoms with Crippen LogP contribution < -0.4 is 5.73 Å². The van der Waals surface area contributed by atoms with Crippen LogP contribution in [0.2, 0.25) is 0 Å². The lowest BCUT2D eigenvalue weighted by Gasteiger charge is -2.02. The molecule has 1 heterocycles. The molecule has 3 aromatic rings. The van der Waals surface area contributed by atoms with Crippen molar-refractivity contribution in [3.63, 3.8) is 0 Å². The molecule has 0 atom stereocenters. The van der Waals surface area contributed by atoms with Crippen molar-refractivity contribution in [3.05, 3.63) is 54.1 Å². The van der Waals surface area contributed by atoms with Crippen LogP contribution in [0.1, 0.15) is 5.56 Å². The van der Waals surface area contributed by atoms with Crippen LogP contribution in [-0.4, -0.2) is 0 Å². The highest BCUT2D eigenvalue weighted by Gasteiger charge is 2.08. The van der Waals surface area contributed by atoms with Crippen molar-refractivity contribution in [2.45, 2.75) is 6.92 Å². The van der Waals surface area contributed by atoms with E-state index in [-0.39, 0.29) is 0 Å². The summed E-state index contributed by atoms with van der Waals surface area (Å²) in [5.74, 6) is 0.892. The molecule has 0 aliphatic rings. The number of rotatable bonds is 1. The largest absolute Gasteiger partial charge is 0.456 e. The first kappa shape index (κ1) is 9.97. The summed E-state index contributed by atoms with van der Waals surface area (Å²) in [7, 11) is 0. The van der Waals surface area contributed by atoms with Gasteiger partial charge in [-0.15, -0.1) is 0 Å². The minimum absolute atomic E-state index is 0.780. The number of furan rings is 1. The number of para-hydroxylation sites is 1. The Labute approximate surface area is 99.7 Å². The fraction of sp³-hybridized carbons (Fsp3) is 0.0667. The van der Waals surface area contributed by atoms with E-state index in [4.69, 9.17) is 10.2 Å². The number of fused-ring (bicyclic) bond motifs is 1. The monoisotopic (exact) mass is 223 g/mol. The van der Waals surface area contributed by atoms with Gasteiger partial charge in [0, 0.05) is 16.6 Å². The number of hydrogen-bond donors (Lipinski definition) is 1. The van der Waals surface area contributed by atoms with Crippen molar-refractivity contribution in [1.29, 1.82) is 0 Å². The highest BCUT2D eigenvalue weighted by atomic mass is 16.3. The first-order valence-electron chi connectivity index (χ1n) is 5.59. The van der Waals surface area contributed by atoms with E-state index in [1.807, 2.05) is 43.3 Å². The Bertz CT molecular complexity index is 649. The van der Waals surface area contributed by atoms with Gasteiger partial charge in [-0.25, -0.2) is 0 Å². The summed E-state index contributed by atoms with van der Waals surface area (Å²) in [5.41, 5.74) is 9.67. The Kier molecular flexibility index (Phi) is 2.15. The number of anilines is 1. The van der Waals surface area contributed by atoms with Gasteiger partial charge in [0.05, 0.1) is 0 Å². The second-order valence-electron chi connectivity index (χ2n) is 4.22. The van der Waals surface area contributed by atoms with Gasteiger partial charge in [0.15, 0.2) is 0 Å². The van der Waals surface area contributed by atoms with Crippen molar-refractivity contribution < 1.29 is 4.42 Å². The highest BCUT2D eigenvalue weighted by Crippen LogP contribution is 2.30. The average molecular weight is 223 g/mol. The molecule has 0 saturated carbocycles. The molecule has 0 fully saturated rings. The highest BCUT2D eigenvalue weighted by molar-refractivity contribution is 5.83. The fourth-order valence-electron chi connectivity index (χ4n) is 2.08. The summed E-state index contributed by atoms with van der Waals surface area (Å²) >= 11 is 0. The minimum Gasteiger partial charge on any atom is -0.456 e. The third-order valence-electron chi connectivity index (χ3n) is 2.94. The second-order valence-corrected chi connectivity index (χ2v) is 4.22. The maximum Gasteiger partial charge on any atom is 0.135 e. The number of nitrogen functional groups attached to an aromatic ring is 1. The van der Waals surface area contributed by atoms with Gasteiger partial charge >= 0.3 is 0 Å². The van der Waals surface area contributed by atoms with Crippen molar-refractivity contribution in [2.75, 3.05) is 5.73 Å². The smallest absolute Gasteiger partial charge is 0.135 e. The first-order valence-corrected chi connectivity index (χ1v) is 5.59. The number of aryl methyl sites for hydroxylation is 1. The normalized spacial score (nSPS) is 10.9. The standard InChI is InChI=1S/C15H13NO/c1-10-8-12(16)6-7-13(10)15-9-11-4-2-3-5-14(11)17-15/h2-9H,16H2,1H3. The Balaban J connectivity index is 2.20. The lowest BCUT2D eigenvalue weighted by Crippen LogP contribution is -1.87. The molecule has 2 nitrogen and oxygen atoms in total. The van der Waals surface area contributed by atoms with Gasteiger partial charge in [-0.2, -0.15) is 0 Å². The Morgan fingerprint density at radius 2 is 1.82 bits per heavy atom. The number of nitrogens with two attached hydrogens (primary N) is 1. The lowest BCUT2D eigenvalue weighted by molar-refractivity contribution is 0.631. The van der Waals surface area contributed by atoms with Gasteiger partial charge in [0.1, 0.15) is 11.3 Å². The van der Waals surface area contributed by atoms with Gasteiger partial charge in [0.25, 0.3) is 0 Å². The summed E-state index contributed by atoms with van der Waals surface area (Å²) < 4.78 is 5.83. The molecule has 0 aliphatic carbocycles. The van der Waals surface area contributed by atoms with E-state index >= 15 is 0 Å². The summed E-state index contributed by atoms with van der Waals surface area (Å²) in [6.07, 6.45) is 0. The zero-order valence-electron chi connectivity index (χ0n) is 9.60. The van der Waals surface area contributed by atoms with Crippen LogP contribution >= 0.6 is 0 Å². The third-order valence-corrected chi connectivity index (χ3v) is 2.94. The molecular weight excluding hydrogens is 210 g/mol. The topological polar surface area (TPSA) is 39.2 Å². The molecule has 0 spiro atoms. The zero-order chi connectivity index (χ0) is 11.8. The maximum atomic E-state index is 5.83. The van der Waals surface area contributed by atoms with E-state index < -0.39 is 0 Å². The summed E-state index contributed by atoms with van der Waals surface area (Å²) in [5, 5.41) is 1.12. The molecule has 0 unspecified atom stereocenters. The second kappa shape index (κ2) is 3.67. The Morgan fingerprint density at radius 1 is 1.00 bits per heavy atom. The van der Waals surface area contributed by atoms with Gasteiger partial charge in [-0.1, -0.05) is 18.2 Å². The van der Waals surface area contributed by atoms with Crippen LogP contribution in [0, 0.1) is 6.92 Å². The molecule has 2 aromatic carbocycles. The summed E-state index contributed by atoms with van der Waals surface area (Å²) in [6, 6.07) is 15.9. The molecule has 17 heavy (non-hydrogen) atoms. The van der Waals surface area contributed by atoms with Crippen LogP contribution in [0.3, 0.4) is 0 Å². The minimum atomic E-state index is 0.780. The SMILES string of the molecule is Cc1cc(N)ccc1-c1cc2ccccc2o1. The van der Waals surface area contributed by atoms with Gasteiger partial charge in [0.2, 0.25) is 0 Å². The van der Waals surface area contributed by atoms with E-state index in [2.05, 4.69) is 12.1 Å². The Morgan fingerprint density at radius 3 is 2.59 bits per heavy atom.